The van der Waals surface area contributed by atoms with Crippen LogP contribution < -0.4 is 5.32 Å². The third kappa shape index (κ3) is 4.72. The minimum atomic E-state index is -3.46. The van der Waals surface area contributed by atoms with Gasteiger partial charge in [-0.15, -0.1) is 5.10 Å². The van der Waals surface area contributed by atoms with Gasteiger partial charge in [0.05, 0.1) is 21.9 Å². The molecule has 0 aliphatic heterocycles. The van der Waals surface area contributed by atoms with E-state index in [0.29, 0.717) is 0 Å². The maximum absolute atomic E-state index is 13.8. The average molecular weight is 406 g/mol. The summed E-state index contributed by atoms with van der Waals surface area (Å²) in [5.74, 6) is -0.612. The van der Waals surface area contributed by atoms with Crippen LogP contribution in [0.2, 0.25) is 0 Å². The number of rotatable bonds is 6. The Balaban J connectivity index is 1.65. The summed E-state index contributed by atoms with van der Waals surface area (Å²) in [7, 11) is -3.46. The van der Waals surface area contributed by atoms with Gasteiger partial charge in [-0.3, -0.25) is 9.89 Å². The van der Waals surface area contributed by atoms with Crippen LogP contribution in [0.4, 0.5) is 10.1 Å². The monoisotopic (exact) mass is 406 g/mol. The lowest BCUT2D eigenvalue weighted by Gasteiger charge is -2.08. The Hall–Kier alpha value is -2.72. The van der Waals surface area contributed by atoms with E-state index >= 15 is 0 Å². The number of aromatic amines is 1. The molecule has 7 nitrogen and oxygen atoms in total. The van der Waals surface area contributed by atoms with E-state index in [0.717, 1.165) is 18.0 Å². The highest BCUT2D eigenvalue weighted by molar-refractivity contribution is 7.99. The molecule has 0 radical (unpaired) electrons. The van der Waals surface area contributed by atoms with Crippen LogP contribution in [0.3, 0.4) is 0 Å². The Morgan fingerprint density at radius 2 is 1.89 bits per heavy atom. The van der Waals surface area contributed by atoms with Gasteiger partial charge in [0.1, 0.15) is 5.82 Å². The fourth-order valence-corrected chi connectivity index (χ4v) is 3.74. The summed E-state index contributed by atoms with van der Waals surface area (Å²) in [4.78, 5) is 16.3. The third-order valence-corrected chi connectivity index (χ3v) is 5.49. The van der Waals surface area contributed by atoms with E-state index in [1.165, 1.54) is 18.2 Å². The minimum absolute atomic E-state index is 0.0351. The molecule has 1 aromatic heterocycles. The van der Waals surface area contributed by atoms with E-state index in [4.69, 9.17) is 0 Å². The van der Waals surface area contributed by atoms with E-state index in [-0.39, 0.29) is 32.9 Å². The highest BCUT2D eigenvalue weighted by atomic mass is 32.2. The third-order valence-electron chi connectivity index (χ3n) is 3.49. The van der Waals surface area contributed by atoms with Crippen LogP contribution in [0.25, 0.3) is 11.4 Å². The fraction of sp³-hybridized carbons (Fsp3) is 0.118. The van der Waals surface area contributed by atoms with Crippen LogP contribution in [-0.2, 0) is 14.6 Å². The number of H-pyrrole nitrogens is 1. The lowest BCUT2D eigenvalue weighted by atomic mass is 10.2. The Morgan fingerprint density at radius 3 is 2.63 bits per heavy atom. The number of hydrogen-bond donors (Lipinski definition) is 2. The molecule has 3 rings (SSSR count). The molecule has 0 fully saturated rings. The second-order valence-corrected chi connectivity index (χ2v) is 8.48. The molecule has 140 valence electrons. The van der Waals surface area contributed by atoms with E-state index in [9.17, 15) is 17.6 Å². The van der Waals surface area contributed by atoms with Crippen molar-refractivity contribution in [2.45, 2.75) is 10.1 Å². The normalized spacial score (nSPS) is 11.3. The topological polar surface area (TPSA) is 105 Å². The quantitative estimate of drug-likeness (QED) is 0.610. The molecule has 27 heavy (non-hydrogen) atoms. The first-order chi connectivity index (χ1) is 12.8. The zero-order valence-electron chi connectivity index (χ0n) is 14.1. The number of hydrogen-bond acceptors (Lipinski definition) is 6. The van der Waals surface area contributed by atoms with Gasteiger partial charge in [-0.2, -0.15) is 0 Å². The van der Waals surface area contributed by atoms with E-state index in [2.05, 4.69) is 20.5 Å². The van der Waals surface area contributed by atoms with Gasteiger partial charge in [-0.05, 0) is 24.3 Å². The van der Waals surface area contributed by atoms with Crippen molar-refractivity contribution in [1.82, 2.24) is 15.2 Å². The first-order valence-electron chi connectivity index (χ1n) is 7.73. The van der Waals surface area contributed by atoms with E-state index in [1.807, 2.05) is 0 Å². The highest BCUT2D eigenvalue weighted by Gasteiger charge is 2.16. The number of para-hydroxylation sites is 1. The molecule has 0 saturated heterocycles. The molecular formula is C17H15FN4O3S2. The van der Waals surface area contributed by atoms with Gasteiger partial charge in [0.15, 0.2) is 15.7 Å². The number of thioether (sulfide) groups is 1. The Kier molecular flexibility index (Phi) is 5.57. The first kappa shape index (κ1) is 19.1. The number of carbonyl (C=O) groups excluding carboxylic acids is 1. The molecule has 0 spiro atoms. The molecule has 1 amide bonds. The van der Waals surface area contributed by atoms with Crippen molar-refractivity contribution in [3.05, 3.63) is 54.3 Å². The smallest absolute Gasteiger partial charge is 0.234 e. The summed E-state index contributed by atoms with van der Waals surface area (Å²) in [6, 6.07) is 12.3. The SMILES string of the molecule is CS(=O)(=O)c1ccccc1NC(=O)CSc1n[nH]c(-c2ccccc2F)n1. The standard InChI is InChI=1S/C17H15FN4O3S2/c1-27(24,25)14-9-5-4-8-13(14)19-15(23)10-26-17-20-16(21-22-17)11-6-2-3-7-12(11)18/h2-9H,10H2,1H3,(H,19,23)(H,20,21,22). The van der Waals surface area contributed by atoms with Crippen molar-refractivity contribution in [2.75, 3.05) is 17.3 Å². The van der Waals surface area contributed by atoms with Gasteiger partial charge in [0, 0.05) is 6.26 Å². The number of nitrogens with zero attached hydrogens (tertiary/aromatic N) is 2. The van der Waals surface area contributed by atoms with E-state index in [1.54, 1.807) is 30.3 Å². The molecule has 2 aromatic carbocycles. The lowest BCUT2D eigenvalue weighted by Crippen LogP contribution is -2.16. The molecule has 2 N–H and O–H groups in total. The fourth-order valence-electron chi connectivity index (χ4n) is 2.29. The first-order valence-corrected chi connectivity index (χ1v) is 10.6. The Bertz CT molecular complexity index is 1080. The van der Waals surface area contributed by atoms with Crippen molar-refractivity contribution in [3.8, 4) is 11.4 Å². The number of nitrogens with one attached hydrogen (secondary N) is 2. The number of carbonyl (C=O) groups is 1. The second-order valence-electron chi connectivity index (χ2n) is 5.55. The Morgan fingerprint density at radius 1 is 1.19 bits per heavy atom. The van der Waals surface area contributed by atoms with Crippen LogP contribution in [0, 0.1) is 5.82 Å². The number of benzene rings is 2. The average Bonchev–Trinajstić information content (AvgIpc) is 3.09. The van der Waals surface area contributed by atoms with Crippen molar-refractivity contribution < 1.29 is 17.6 Å². The molecule has 0 atom stereocenters. The van der Waals surface area contributed by atoms with Crippen LogP contribution in [-0.4, -0.2) is 41.5 Å². The lowest BCUT2D eigenvalue weighted by molar-refractivity contribution is -0.113. The summed E-state index contributed by atoms with van der Waals surface area (Å²) in [6.07, 6.45) is 1.07. The van der Waals surface area contributed by atoms with E-state index < -0.39 is 21.6 Å². The van der Waals surface area contributed by atoms with Gasteiger partial charge in [0.25, 0.3) is 0 Å². The number of halogens is 1. The largest absolute Gasteiger partial charge is 0.324 e. The molecule has 0 bridgehead atoms. The van der Waals surface area contributed by atoms with Crippen molar-refractivity contribution in [1.29, 1.82) is 0 Å². The molecule has 1 heterocycles. The van der Waals surface area contributed by atoms with Crippen molar-refractivity contribution >= 4 is 33.2 Å². The predicted octanol–water partition coefficient (Wildman–Crippen LogP) is 2.75. The molecule has 3 aromatic rings. The summed E-state index contributed by atoms with van der Waals surface area (Å²) in [6.45, 7) is 0. The molecule has 0 saturated carbocycles. The summed E-state index contributed by atoms with van der Waals surface area (Å²) >= 11 is 1.05. The highest BCUT2D eigenvalue weighted by Crippen LogP contribution is 2.23. The number of anilines is 1. The summed E-state index contributed by atoms with van der Waals surface area (Å²) in [5, 5.41) is 9.43. The second kappa shape index (κ2) is 7.89. The van der Waals surface area contributed by atoms with Gasteiger partial charge in [0.2, 0.25) is 11.1 Å². The van der Waals surface area contributed by atoms with Gasteiger partial charge in [-0.1, -0.05) is 36.0 Å². The minimum Gasteiger partial charge on any atom is -0.324 e. The molecule has 0 aliphatic rings. The summed E-state index contributed by atoms with van der Waals surface area (Å²) in [5.41, 5.74) is 0.496. The van der Waals surface area contributed by atoms with Crippen molar-refractivity contribution in [3.63, 3.8) is 0 Å². The number of sulfone groups is 1. The molecule has 0 aliphatic carbocycles. The van der Waals surface area contributed by atoms with Crippen LogP contribution in [0.1, 0.15) is 0 Å². The summed E-state index contributed by atoms with van der Waals surface area (Å²) < 4.78 is 37.3. The molecule has 10 heteroatoms. The molecule has 0 unspecified atom stereocenters. The van der Waals surface area contributed by atoms with Crippen LogP contribution >= 0.6 is 11.8 Å². The number of aromatic nitrogens is 3. The maximum Gasteiger partial charge on any atom is 0.234 e. The van der Waals surface area contributed by atoms with Gasteiger partial charge < -0.3 is 5.32 Å². The van der Waals surface area contributed by atoms with Gasteiger partial charge >= 0.3 is 0 Å². The van der Waals surface area contributed by atoms with Gasteiger partial charge in [-0.25, -0.2) is 17.8 Å². The van der Waals surface area contributed by atoms with Crippen molar-refractivity contribution in [2.24, 2.45) is 0 Å². The van der Waals surface area contributed by atoms with Crippen LogP contribution in [0.5, 0.6) is 0 Å². The zero-order chi connectivity index (χ0) is 19.4. The number of amides is 1. The van der Waals surface area contributed by atoms with Crippen LogP contribution in [0.15, 0.2) is 58.6 Å². The molecular weight excluding hydrogens is 391 g/mol. The Labute approximate surface area is 159 Å². The maximum atomic E-state index is 13.8. The zero-order valence-corrected chi connectivity index (χ0v) is 15.8. The predicted molar refractivity (Wildman–Crippen MR) is 101 cm³/mol.